The Bertz CT molecular complexity index is 418. The van der Waals surface area contributed by atoms with Crippen LogP contribution in [0.25, 0.3) is 0 Å². The van der Waals surface area contributed by atoms with Gasteiger partial charge in [0.15, 0.2) is 0 Å². The van der Waals surface area contributed by atoms with Gasteiger partial charge in [-0.3, -0.25) is 4.79 Å². The van der Waals surface area contributed by atoms with E-state index in [1.54, 1.807) is 0 Å². The van der Waals surface area contributed by atoms with Crippen LogP contribution in [-0.2, 0) is 0 Å². The Hall–Kier alpha value is -0.940. The summed E-state index contributed by atoms with van der Waals surface area (Å²) in [5.41, 5.74) is 0.412. The minimum absolute atomic E-state index is 0.0336. The molecule has 0 saturated heterocycles. The molecule has 0 unspecified atom stereocenters. The van der Waals surface area contributed by atoms with E-state index in [4.69, 9.17) is 5.11 Å². The average Bonchev–Trinajstić information content (AvgIpc) is 2.19. The highest BCUT2D eigenvalue weighted by Crippen LogP contribution is 2.21. The Balaban J connectivity index is 2.01. The lowest BCUT2D eigenvalue weighted by molar-refractivity contribution is 0.0562. The second-order valence-corrected chi connectivity index (χ2v) is 4.78. The first-order chi connectivity index (χ1) is 7.56. The van der Waals surface area contributed by atoms with E-state index in [0.29, 0.717) is 18.4 Å². The summed E-state index contributed by atoms with van der Waals surface area (Å²) in [6.45, 7) is 0. The van der Waals surface area contributed by atoms with Gasteiger partial charge in [-0.15, -0.1) is 0 Å². The van der Waals surface area contributed by atoms with Crippen molar-refractivity contribution in [3.8, 4) is 0 Å². The second-order valence-electron chi connectivity index (χ2n) is 3.92. The van der Waals surface area contributed by atoms with Crippen molar-refractivity contribution in [1.29, 1.82) is 0 Å². The Kier molecular flexibility index (Phi) is 3.25. The molecular formula is C11H11BrFNO2. The van der Waals surface area contributed by atoms with Gasteiger partial charge in [0.25, 0.3) is 5.91 Å². The highest BCUT2D eigenvalue weighted by Gasteiger charge is 2.28. The molecule has 3 nitrogen and oxygen atoms in total. The van der Waals surface area contributed by atoms with Gasteiger partial charge in [0.2, 0.25) is 0 Å². The summed E-state index contributed by atoms with van der Waals surface area (Å²) in [6.07, 6.45) is 0.882. The smallest absolute Gasteiger partial charge is 0.251 e. The first-order valence-electron chi connectivity index (χ1n) is 5.00. The van der Waals surface area contributed by atoms with Crippen molar-refractivity contribution < 1.29 is 14.3 Å². The summed E-state index contributed by atoms with van der Waals surface area (Å²) in [7, 11) is 0. The molecule has 1 saturated carbocycles. The van der Waals surface area contributed by atoms with E-state index in [2.05, 4.69) is 21.2 Å². The molecule has 1 aromatic carbocycles. The lowest BCUT2D eigenvalue weighted by Gasteiger charge is -2.31. The molecule has 2 N–H and O–H groups in total. The maximum absolute atomic E-state index is 12.9. The van der Waals surface area contributed by atoms with Gasteiger partial charge >= 0.3 is 0 Å². The van der Waals surface area contributed by atoms with Gasteiger partial charge in [0.1, 0.15) is 5.82 Å². The molecule has 0 atom stereocenters. The molecule has 2 rings (SSSR count). The third-order valence-corrected chi connectivity index (χ3v) is 3.24. The number of halogens is 2. The van der Waals surface area contributed by atoms with Crippen LogP contribution in [0.3, 0.4) is 0 Å². The molecule has 0 spiro atoms. The van der Waals surface area contributed by atoms with Gasteiger partial charge in [-0.25, -0.2) is 4.39 Å². The van der Waals surface area contributed by atoms with Crippen molar-refractivity contribution in [1.82, 2.24) is 5.32 Å². The van der Waals surface area contributed by atoms with E-state index in [0.717, 1.165) is 0 Å². The Labute approximate surface area is 101 Å². The van der Waals surface area contributed by atoms with Crippen molar-refractivity contribution in [2.75, 3.05) is 0 Å². The largest absolute Gasteiger partial charge is 0.393 e. The zero-order chi connectivity index (χ0) is 11.7. The van der Waals surface area contributed by atoms with Crippen LogP contribution < -0.4 is 5.32 Å². The highest BCUT2D eigenvalue weighted by molar-refractivity contribution is 9.10. The Morgan fingerprint density at radius 2 is 2.19 bits per heavy atom. The molecule has 0 aromatic heterocycles. The van der Waals surface area contributed by atoms with E-state index >= 15 is 0 Å². The first kappa shape index (κ1) is 11.5. The molecule has 1 amide bonds. The van der Waals surface area contributed by atoms with Gasteiger partial charge in [0, 0.05) is 11.6 Å². The molecule has 16 heavy (non-hydrogen) atoms. The molecule has 0 aliphatic heterocycles. The third kappa shape index (κ3) is 2.41. The van der Waals surface area contributed by atoms with Crippen LogP contribution in [0.2, 0.25) is 0 Å². The highest BCUT2D eigenvalue weighted by atomic mass is 79.9. The normalized spacial score (nSPS) is 23.7. The summed E-state index contributed by atoms with van der Waals surface area (Å²) in [6, 6.07) is 4.16. The first-order valence-corrected chi connectivity index (χ1v) is 5.79. The number of amides is 1. The predicted octanol–water partition coefficient (Wildman–Crippen LogP) is 1.84. The fourth-order valence-electron chi connectivity index (χ4n) is 1.61. The molecule has 0 bridgehead atoms. The van der Waals surface area contributed by atoms with Gasteiger partial charge in [0.05, 0.1) is 10.6 Å². The third-order valence-electron chi connectivity index (χ3n) is 2.63. The number of carbonyl (C=O) groups excluding carboxylic acids is 1. The number of nitrogens with one attached hydrogen (secondary N) is 1. The molecule has 5 heteroatoms. The monoisotopic (exact) mass is 287 g/mol. The van der Waals surface area contributed by atoms with Crippen molar-refractivity contribution in [3.63, 3.8) is 0 Å². The number of hydrogen-bond donors (Lipinski definition) is 2. The molecule has 1 aliphatic carbocycles. The molecule has 0 radical (unpaired) electrons. The maximum Gasteiger partial charge on any atom is 0.251 e. The van der Waals surface area contributed by atoms with E-state index in [-0.39, 0.29) is 22.5 Å². The van der Waals surface area contributed by atoms with E-state index in [1.807, 2.05) is 0 Å². The summed E-state index contributed by atoms with van der Waals surface area (Å²) >= 11 is 3.03. The topological polar surface area (TPSA) is 49.3 Å². The SMILES string of the molecule is O=C(NC1CC(O)C1)c1ccc(F)c(Br)c1. The number of benzene rings is 1. The standard InChI is InChI=1S/C11H11BrFNO2/c12-9-3-6(1-2-10(9)13)11(16)14-7-4-8(15)5-7/h1-3,7-8,15H,4-5H2,(H,14,16). The van der Waals surface area contributed by atoms with Crippen molar-refractivity contribution in [2.45, 2.75) is 25.0 Å². The fraction of sp³-hybridized carbons (Fsp3) is 0.364. The van der Waals surface area contributed by atoms with Gasteiger partial charge in [-0.2, -0.15) is 0 Å². The minimum atomic E-state index is -0.393. The van der Waals surface area contributed by atoms with E-state index in [1.165, 1.54) is 18.2 Å². The second kappa shape index (κ2) is 4.51. The molecule has 1 aromatic rings. The molecule has 1 aliphatic rings. The molecule has 1 fully saturated rings. The van der Waals surface area contributed by atoms with Crippen LogP contribution in [0.4, 0.5) is 4.39 Å². The van der Waals surface area contributed by atoms with Gasteiger partial charge < -0.3 is 10.4 Å². The molecular weight excluding hydrogens is 277 g/mol. The van der Waals surface area contributed by atoms with Crippen molar-refractivity contribution in [2.24, 2.45) is 0 Å². The lowest BCUT2D eigenvalue weighted by atomic mass is 9.89. The summed E-state index contributed by atoms with van der Waals surface area (Å²) in [5, 5.41) is 11.8. The number of aliphatic hydroxyl groups is 1. The predicted molar refractivity (Wildman–Crippen MR) is 60.6 cm³/mol. The summed E-state index contributed by atoms with van der Waals surface area (Å²) in [4.78, 5) is 11.7. The number of rotatable bonds is 2. The minimum Gasteiger partial charge on any atom is -0.393 e. The van der Waals surface area contributed by atoms with Crippen molar-refractivity contribution in [3.05, 3.63) is 34.1 Å². The Morgan fingerprint density at radius 1 is 1.50 bits per heavy atom. The van der Waals surface area contributed by atoms with Crippen LogP contribution in [0.15, 0.2) is 22.7 Å². The zero-order valence-corrected chi connectivity index (χ0v) is 10.00. The summed E-state index contributed by atoms with van der Waals surface area (Å²) in [5.74, 6) is -0.631. The average molecular weight is 288 g/mol. The summed E-state index contributed by atoms with van der Waals surface area (Å²) < 4.78 is 13.2. The zero-order valence-electron chi connectivity index (χ0n) is 8.41. The van der Waals surface area contributed by atoms with Crippen molar-refractivity contribution >= 4 is 21.8 Å². The van der Waals surface area contributed by atoms with Gasteiger partial charge in [-0.05, 0) is 47.0 Å². The number of aliphatic hydroxyl groups excluding tert-OH is 1. The van der Waals surface area contributed by atoms with E-state index < -0.39 is 5.82 Å². The van der Waals surface area contributed by atoms with Crippen LogP contribution in [0.5, 0.6) is 0 Å². The maximum atomic E-state index is 12.9. The van der Waals surface area contributed by atoms with E-state index in [9.17, 15) is 9.18 Å². The van der Waals surface area contributed by atoms with Crippen LogP contribution in [0, 0.1) is 5.82 Å². The fourth-order valence-corrected chi connectivity index (χ4v) is 1.99. The Morgan fingerprint density at radius 3 is 2.75 bits per heavy atom. The van der Waals surface area contributed by atoms with Crippen LogP contribution >= 0.6 is 15.9 Å². The molecule has 0 heterocycles. The van der Waals surface area contributed by atoms with Crippen LogP contribution in [-0.4, -0.2) is 23.2 Å². The lowest BCUT2D eigenvalue weighted by Crippen LogP contribution is -2.46. The van der Waals surface area contributed by atoms with Crippen LogP contribution in [0.1, 0.15) is 23.2 Å². The number of carbonyl (C=O) groups is 1. The number of hydrogen-bond acceptors (Lipinski definition) is 2. The van der Waals surface area contributed by atoms with Gasteiger partial charge in [-0.1, -0.05) is 0 Å². The quantitative estimate of drug-likeness (QED) is 0.872. The molecule has 86 valence electrons.